The molecular weight excluding hydrogens is 234 g/mol. The highest BCUT2D eigenvalue weighted by molar-refractivity contribution is 5.95. The van der Waals surface area contributed by atoms with Gasteiger partial charge in [0.25, 0.3) is 0 Å². The van der Waals surface area contributed by atoms with Crippen LogP contribution in [0.3, 0.4) is 0 Å². The lowest BCUT2D eigenvalue weighted by Crippen LogP contribution is -2.15. The van der Waals surface area contributed by atoms with Crippen LogP contribution in [0.25, 0.3) is 0 Å². The van der Waals surface area contributed by atoms with Gasteiger partial charge in [-0.1, -0.05) is 19.0 Å². The van der Waals surface area contributed by atoms with Crippen LogP contribution < -0.4 is 10.5 Å². The molecular formula is C12H19N3O3. The Labute approximate surface area is 106 Å². The van der Waals surface area contributed by atoms with E-state index in [-0.39, 0.29) is 5.84 Å². The molecule has 0 amide bonds. The molecule has 0 fully saturated rings. The first-order valence-corrected chi connectivity index (χ1v) is 5.78. The fraction of sp³-hybridized carbons (Fsp3) is 0.500. The molecule has 0 radical (unpaired) electrons. The topological polar surface area (TPSA) is 90.0 Å². The maximum Gasteiger partial charge on any atom is 0.188 e. The molecule has 0 aliphatic rings. The summed E-state index contributed by atoms with van der Waals surface area (Å²) in [6, 6.07) is 3.34. The van der Waals surface area contributed by atoms with Crippen molar-refractivity contribution in [2.75, 3.05) is 19.8 Å². The van der Waals surface area contributed by atoms with Gasteiger partial charge in [-0.3, -0.25) is 0 Å². The predicted molar refractivity (Wildman–Crippen MR) is 67.9 cm³/mol. The van der Waals surface area contributed by atoms with Gasteiger partial charge in [-0.15, -0.1) is 0 Å². The molecule has 18 heavy (non-hydrogen) atoms. The molecule has 6 heteroatoms. The van der Waals surface area contributed by atoms with Crippen molar-refractivity contribution in [1.82, 2.24) is 4.98 Å². The molecule has 0 unspecified atom stereocenters. The van der Waals surface area contributed by atoms with E-state index in [1.807, 2.05) is 0 Å². The largest absolute Gasteiger partial charge is 0.490 e. The molecule has 1 aromatic heterocycles. The van der Waals surface area contributed by atoms with Crippen molar-refractivity contribution in [2.45, 2.75) is 13.8 Å². The van der Waals surface area contributed by atoms with Crippen molar-refractivity contribution in [3.63, 3.8) is 0 Å². The molecule has 1 heterocycles. The third-order valence-corrected chi connectivity index (χ3v) is 2.05. The number of rotatable bonds is 7. The number of oxime groups is 1. The zero-order valence-corrected chi connectivity index (χ0v) is 10.7. The van der Waals surface area contributed by atoms with Gasteiger partial charge in [0, 0.05) is 6.61 Å². The second-order valence-electron chi connectivity index (χ2n) is 4.18. The molecule has 0 spiro atoms. The molecule has 3 N–H and O–H groups in total. The highest BCUT2D eigenvalue weighted by Gasteiger charge is 2.01. The van der Waals surface area contributed by atoms with Gasteiger partial charge in [-0.05, 0) is 18.1 Å². The lowest BCUT2D eigenvalue weighted by Gasteiger charge is -2.08. The van der Waals surface area contributed by atoms with E-state index in [1.165, 1.54) is 6.20 Å². The molecule has 6 nitrogen and oxygen atoms in total. The third-order valence-electron chi connectivity index (χ3n) is 2.05. The second-order valence-corrected chi connectivity index (χ2v) is 4.18. The summed E-state index contributed by atoms with van der Waals surface area (Å²) in [7, 11) is 0. The van der Waals surface area contributed by atoms with Crippen LogP contribution in [-0.4, -0.2) is 35.8 Å². The molecule has 0 aliphatic heterocycles. The van der Waals surface area contributed by atoms with E-state index in [4.69, 9.17) is 20.4 Å². The van der Waals surface area contributed by atoms with Gasteiger partial charge >= 0.3 is 0 Å². The van der Waals surface area contributed by atoms with Gasteiger partial charge in [-0.25, -0.2) is 4.98 Å². The average molecular weight is 253 g/mol. The maximum atomic E-state index is 8.48. The SMILES string of the molecule is CC(C)COCCOc1ccc(/C(N)=N/O)nc1. The number of nitrogens with two attached hydrogens (primary N) is 1. The van der Waals surface area contributed by atoms with Crippen molar-refractivity contribution in [3.8, 4) is 5.75 Å². The van der Waals surface area contributed by atoms with E-state index in [1.54, 1.807) is 12.1 Å². The van der Waals surface area contributed by atoms with Crippen LogP contribution in [0.2, 0.25) is 0 Å². The lowest BCUT2D eigenvalue weighted by atomic mass is 10.2. The molecule has 0 saturated heterocycles. The molecule has 0 aromatic carbocycles. The van der Waals surface area contributed by atoms with Crippen LogP contribution in [0.15, 0.2) is 23.5 Å². The number of amidine groups is 1. The van der Waals surface area contributed by atoms with Gasteiger partial charge in [-0.2, -0.15) is 0 Å². The van der Waals surface area contributed by atoms with Gasteiger partial charge in [0.1, 0.15) is 18.1 Å². The summed E-state index contributed by atoms with van der Waals surface area (Å²) >= 11 is 0. The Hall–Kier alpha value is -1.82. The quantitative estimate of drug-likeness (QED) is 0.251. The summed E-state index contributed by atoms with van der Waals surface area (Å²) in [5, 5.41) is 11.3. The van der Waals surface area contributed by atoms with Crippen molar-refractivity contribution < 1.29 is 14.7 Å². The average Bonchev–Trinajstić information content (AvgIpc) is 2.38. The number of ether oxygens (including phenoxy) is 2. The third kappa shape index (κ3) is 5.01. The van der Waals surface area contributed by atoms with Gasteiger partial charge in [0.2, 0.25) is 0 Å². The zero-order chi connectivity index (χ0) is 13.4. The zero-order valence-electron chi connectivity index (χ0n) is 10.7. The van der Waals surface area contributed by atoms with E-state index in [2.05, 4.69) is 24.0 Å². The molecule has 0 atom stereocenters. The van der Waals surface area contributed by atoms with E-state index in [9.17, 15) is 0 Å². The summed E-state index contributed by atoms with van der Waals surface area (Å²) < 4.78 is 10.8. The molecule has 0 aliphatic carbocycles. The number of nitrogens with zero attached hydrogens (tertiary/aromatic N) is 2. The predicted octanol–water partition coefficient (Wildman–Crippen LogP) is 1.23. The molecule has 100 valence electrons. The molecule has 1 aromatic rings. The van der Waals surface area contributed by atoms with Crippen molar-refractivity contribution in [3.05, 3.63) is 24.0 Å². The molecule has 0 bridgehead atoms. The number of hydrogen-bond acceptors (Lipinski definition) is 5. The van der Waals surface area contributed by atoms with Crippen molar-refractivity contribution >= 4 is 5.84 Å². The molecule has 0 saturated carbocycles. The van der Waals surface area contributed by atoms with Crippen molar-refractivity contribution in [1.29, 1.82) is 0 Å². The highest BCUT2D eigenvalue weighted by atomic mass is 16.5. The first-order chi connectivity index (χ1) is 8.63. The standard InChI is InChI=1S/C12H19N3O3/c1-9(2)8-17-5-6-18-10-3-4-11(14-7-10)12(13)15-16/h3-4,7,9,16H,5-6,8H2,1-2H3,(H2,13,15). The molecule has 1 rings (SSSR count). The summed E-state index contributed by atoms with van der Waals surface area (Å²) in [5.41, 5.74) is 5.79. The van der Waals surface area contributed by atoms with Crippen molar-refractivity contribution in [2.24, 2.45) is 16.8 Å². The van der Waals surface area contributed by atoms with Crippen LogP contribution in [0.1, 0.15) is 19.5 Å². The Morgan fingerprint density at radius 3 is 2.78 bits per heavy atom. The van der Waals surface area contributed by atoms with E-state index in [0.717, 1.165) is 6.61 Å². The minimum Gasteiger partial charge on any atom is -0.490 e. The minimum absolute atomic E-state index is 0.0261. The first-order valence-electron chi connectivity index (χ1n) is 5.78. The van der Waals surface area contributed by atoms with Crippen LogP contribution in [0.5, 0.6) is 5.75 Å². The van der Waals surface area contributed by atoms with E-state index >= 15 is 0 Å². The van der Waals surface area contributed by atoms with Crippen LogP contribution in [0, 0.1) is 5.92 Å². The lowest BCUT2D eigenvalue weighted by molar-refractivity contribution is 0.0818. The number of hydrogen-bond donors (Lipinski definition) is 2. The number of aromatic nitrogens is 1. The first kappa shape index (κ1) is 14.2. The highest BCUT2D eigenvalue weighted by Crippen LogP contribution is 2.08. The Balaban J connectivity index is 2.31. The maximum absolute atomic E-state index is 8.48. The van der Waals surface area contributed by atoms with Crippen LogP contribution >= 0.6 is 0 Å². The fourth-order valence-electron chi connectivity index (χ4n) is 1.21. The summed E-state index contributed by atoms with van der Waals surface area (Å²) in [6.07, 6.45) is 1.52. The Kier molecular flexibility index (Phi) is 5.93. The summed E-state index contributed by atoms with van der Waals surface area (Å²) in [5.74, 6) is 1.12. The summed E-state index contributed by atoms with van der Waals surface area (Å²) in [4.78, 5) is 3.99. The minimum atomic E-state index is -0.0261. The van der Waals surface area contributed by atoms with Gasteiger partial charge in [0.05, 0.1) is 12.8 Å². The Morgan fingerprint density at radius 1 is 1.44 bits per heavy atom. The normalized spacial score (nSPS) is 11.8. The monoisotopic (exact) mass is 253 g/mol. The smallest absolute Gasteiger partial charge is 0.188 e. The Morgan fingerprint density at radius 2 is 2.22 bits per heavy atom. The number of pyridine rings is 1. The van der Waals surface area contributed by atoms with Gasteiger partial charge < -0.3 is 20.4 Å². The van der Waals surface area contributed by atoms with Gasteiger partial charge in [0.15, 0.2) is 5.84 Å². The van der Waals surface area contributed by atoms with E-state index in [0.29, 0.717) is 30.6 Å². The van der Waals surface area contributed by atoms with Crippen LogP contribution in [-0.2, 0) is 4.74 Å². The van der Waals surface area contributed by atoms with Crippen LogP contribution in [0.4, 0.5) is 0 Å². The summed E-state index contributed by atoms with van der Waals surface area (Å²) in [6.45, 7) is 5.93. The second kappa shape index (κ2) is 7.50. The van der Waals surface area contributed by atoms with E-state index < -0.39 is 0 Å². The Bertz CT molecular complexity index is 377. The fourth-order valence-corrected chi connectivity index (χ4v) is 1.21.